The third-order valence-corrected chi connectivity index (χ3v) is 5.10. The number of amides is 1. The van der Waals surface area contributed by atoms with E-state index < -0.39 is 0 Å². The quantitative estimate of drug-likeness (QED) is 0.799. The highest BCUT2D eigenvalue weighted by Gasteiger charge is 2.16. The van der Waals surface area contributed by atoms with Crippen LogP contribution in [-0.2, 0) is 22.5 Å². The van der Waals surface area contributed by atoms with E-state index in [1.165, 1.54) is 18.3 Å². The summed E-state index contributed by atoms with van der Waals surface area (Å²) < 4.78 is 5.38. The van der Waals surface area contributed by atoms with Crippen molar-refractivity contribution in [2.24, 2.45) is 0 Å². The average Bonchev–Trinajstić information content (AvgIpc) is 3.10. The number of Topliss-reactive ketones (excluding diaryl/α,β-unsaturated/α-hetero) is 1. The lowest BCUT2D eigenvalue weighted by Gasteiger charge is -2.29. The molecule has 1 aliphatic heterocycles. The Labute approximate surface area is 150 Å². The minimum atomic E-state index is -0.0651. The molecule has 132 valence electrons. The van der Waals surface area contributed by atoms with Gasteiger partial charge in [0.2, 0.25) is 5.91 Å². The predicted molar refractivity (Wildman–Crippen MR) is 97.1 cm³/mol. The zero-order valence-corrected chi connectivity index (χ0v) is 15.0. The van der Waals surface area contributed by atoms with Crippen molar-refractivity contribution < 1.29 is 14.3 Å². The molecule has 0 aromatic carbocycles. The minimum absolute atomic E-state index is 0.0298. The highest BCUT2D eigenvalue weighted by atomic mass is 32.1. The largest absolute Gasteiger partial charge is 0.378 e. The molecular weight excluding hydrogens is 338 g/mol. The molecule has 1 fully saturated rings. The van der Waals surface area contributed by atoms with Crippen LogP contribution < -0.4 is 10.2 Å². The van der Waals surface area contributed by atoms with E-state index >= 15 is 0 Å². The van der Waals surface area contributed by atoms with Gasteiger partial charge in [0.15, 0.2) is 5.78 Å². The maximum Gasteiger partial charge on any atom is 0.224 e. The first-order chi connectivity index (χ1) is 12.1. The monoisotopic (exact) mass is 359 g/mol. The Hall–Kier alpha value is -2.25. The van der Waals surface area contributed by atoms with Gasteiger partial charge in [-0.2, -0.15) is 0 Å². The predicted octanol–water partition coefficient (Wildman–Crippen LogP) is 2.04. The molecule has 0 spiro atoms. The van der Waals surface area contributed by atoms with Gasteiger partial charge in [0, 0.05) is 31.4 Å². The average molecular weight is 359 g/mol. The Bertz CT molecular complexity index is 754. The van der Waals surface area contributed by atoms with Crippen LogP contribution in [0, 0.1) is 0 Å². The summed E-state index contributed by atoms with van der Waals surface area (Å²) in [6.07, 6.45) is 2.04. The second-order valence-corrected chi connectivity index (χ2v) is 6.83. The molecule has 1 aliphatic rings. The molecular formula is C18H21N3O3S. The molecule has 2 aromatic heterocycles. The molecule has 0 saturated carbocycles. The van der Waals surface area contributed by atoms with Crippen LogP contribution in [0.3, 0.4) is 0 Å². The zero-order valence-electron chi connectivity index (χ0n) is 14.2. The van der Waals surface area contributed by atoms with E-state index in [0.717, 1.165) is 30.0 Å². The van der Waals surface area contributed by atoms with Crippen LogP contribution in [0.1, 0.15) is 27.7 Å². The maximum absolute atomic E-state index is 12.2. The van der Waals surface area contributed by atoms with Gasteiger partial charge in [-0.3, -0.25) is 9.59 Å². The highest BCUT2D eigenvalue weighted by molar-refractivity contribution is 7.12. The summed E-state index contributed by atoms with van der Waals surface area (Å²) >= 11 is 1.38. The van der Waals surface area contributed by atoms with Gasteiger partial charge in [-0.15, -0.1) is 11.3 Å². The molecule has 0 radical (unpaired) electrons. The molecule has 3 rings (SSSR count). The number of nitrogens with zero attached hydrogens (tertiary/aromatic N) is 2. The van der Waals surface area contributed by atoms with E-state index in [2.05, 4.69) is 15.2 Å². The van der Waals surface area contributed by atoms with Crippen molar-refractivity contribution >= 4 is 28.8 Å². The fraction of sp³-hybridized carbons (Fsp3) is 0.389. The first-order valence-electron chi connectivity index (χ1n) is 8.25. The zero-order chi connectivity index (χ0) is 17.6. The normalized spacial score (nSPS) is 14.4. The van der Waals surface area contributed by atoms with Gasteiger partial charge in [-0.05, 0) is 30.0 Å². The molecule has 0 unspecified atom stereocenters. The lowest BCUT2D eigenvalue weighted by Crippen LogP contribution is -2.38. The highest BCUT2D eigenvalue weighted by Crippen LogP contribution is 2.19. The van der Waals surface area contributed by atoms with Crippen molar-refractivity contribution in [1.29, 1.82) is 0 Å². The number of morpholine rings is 1. The fourth-order valence-electron chi connectivity index (χ4n) is 2.72. The molecule has 25 heavy (non-hydrogen) atoms. The summed E-state index contributed by atoms with van der Waals surface area (Å²) in [5.74, 6) is 0.868. The number of nitrogens with one attached hydrogen (secondary N) is 1. The van der Waals surface area contributed by atoms with Crippen LogP contribution in [0.15, 0.2) is 29.8 Å². The standard InChI is InChI=1S/C18H21N3O3S/c1-13(22)16-9-14(12-25-16)10-17(23)20-11-15-3-2-4-19-18(15)21-5-7-24-8-6-21/h2-4,9,12H,5-8,10-11H2,1H3,(H,20,23). The lowest BCUT2D eigenvalue weighted by molar-refractivity contribution is -0.120. The summed E-state index contributed by atoms with van der Waals surface area (Å²) in [4.78, 5) is 30.9. The van der Waals surface area contributed by atoms with Gasteiger partial charge in [0.05, 0.1) is 24.5 Å². The molecule has 1 saturated heterocycles. The van der Waals surface area contributed by atoms with Crippen LogP contribution in [-0.4, -0.2) is 43.0 Å². The first-order valence-corrected chi connectivity index (χ1v) is 9.13. The smallest absolute Gasteiger partial charge is 0.224 e. The third kappa shape index (κ3) is 4.64. The second-order valence-electron chi connectivity index (χ2n) is 5.91. The number of anilines is 1. The van der Waals surface area contributed by atoms with E-state index in [-0.39, 0.29) is 18.1 Å². The summed E-state index contributed by atoms with van der Waals surface area (Å²) in [6.45, 7) is 4.97. The number of hydrogen-bond acceptors (Lipinski definition) is 6. The number of carbonyl (C=O) groups excluding carboxylic acids is 2. The SMILES string of the molecule is CC(=O)c1cc(CC(=O)NCc2cccnc2N2CCOCC2)cs1. The Morgan fingerprint density at radius 2 is 2.16 bits per heavy atom. The number of carbonyl (C=O) groups is 2. The van der Waals surface area contributed by atoms with Crippen LogP contribution >= 0.6 is 11.3 Å². The van der Waals surface area contributed by atoms with Crippen molar-refractivity contribution in [2.75, 3.05) is 31.2 Å². The van der Waals surface area contributed by atoms with E-state index in [0.29, 0.717) is 24.6 Å². The maximum atomic E-state index is 12.2. The molecule has 0 bridgehead atoms. The Morgan fingerprint density at radius 1 is 1.36 bits per heavy atom. The van der Waals surface area contributed by atoms with E-state index in [1.54, 1.807) is 12.3 Å². The number of pyridine rings is 1. The Morgan fingerprint density at radius 3 is 2.88 bits per heavy atom. The molecule has 1 amide bonds. The molecule has 3 heterocycles. The third-order valence-electron chi connectivity index (χ3n) is 4.02. The number of ketones is 1. The van der Waals surface area contributed by atoms with Crippen LogP contribution in [0.2, 0.25) is 0 Å². The van der Waals surface area contributed by atoms with E-state index in [9.17, 15) is 9.59 Å². The summed E-state index contributed by atoms with van der Waals surface area (Å²) in [7, 11) is 0. The minimum Gasteiger partial charge on any atom is -0.378 e. The topological polar surface area (TPSA) is 71.5 Å². The van der Waals surface area contributed by atoms with Crippen LogP contribution in [0.25, 0.3) is 0 Å². The molecule has 7 heteroatoms. The Kier molecular flexibility index (Phi) is 5.78. The van der Waals surface area contributed by atoms with Crippen molar-refractivity contribution in [3.63, 3.8) is 0 Å². The first kappa shape index (κ1) is 17.6. The van der Waals surface area contributed by atoms with Crippen LogP contribution in [0.4, 0.5) is 5.82 Å². The van der Waals surface area contributed by atoms with E-state index in [1.807, 2.05) is 17.5 Å². The van der Waals surface area contributed by atoms with Crippen molar-refractivity contribution in [3.05, 3.63) is 45.8 Å². The number of hydrogen-bond donors (Lipinski definition) is 1. The second kappa shape index (κ2) is 8.22. The molecule has 0 atom stereocenters. The van der Waals surface area contributed by atoms with Gasteiger partial charge < -0.3 is 15.0 Å². The number of ether oxygens (including phenoxy) is 1. The van der Waals surface area contributed by atoms with Gasteiger partial charge in [0.25, 0.3) is 0 Å². The molecule has 6 nitrogen and oxygen atoms in total. The van der Waals surface area contributed by atoms with Crippen molar-refractivity contribution in [2.45, 2.75) is 19.9 Å². The molecule has 2 aromatic rings. The van der Waals surface area contributed by atoms with Gasteiger partial charge in [-0.1, -0.05) is 6.07 Å². The summed E-state index contributed by atoms with van der Waals surface area (Å²) in [5.41, 5.74) is 1.86. The van der Waals surface area contributed by atoms with E-state index in [4.69, 9.17) is 4.74 Å². The van der Waals surface area contributed by atoms with Gasteiger partial charge >= 0.3 is 0 Å². The Balaban J connectivity index is 1.59. The summed E-state index contributed by atoms with van der Waals surface area (Å²) in [5, 5.41) is 4.81. The van der Waals surface area contributed by atoms with Crippen LogP contribution in [0.5, 0.6) is 0 Å². The fourth-order valence-corrected chi connectivity index (χ4v) is 3.54. The van der Waals surface area contributed by atoms with Crippen molar-refractivity contribution in [1.82, 2.24) is 10.3 Å². The number of rotatable bonds is 6. The number of thiophene rings is 1. The number of aromatic nitrogens is 1. The lowest BCUT2D eigenvalue weighted by atomic mass is 10.2. The van der Waals surface area contributed by atoms with Gasteiger partial charge in [-0.25, -0.2) is 4.98 Å². The van der Waals surface area contributed by atoms with Crippen molar-refractivity contribution in [3.8, 4) is 0 Å². The molecule has 0 aliphatic carbocycles. The van der Waals surface area contributed by atoms with Gasteiger partial charge in [0.1, 0.15) is 5.82 Å². The summed E-state index contributed by atoms with van der Waals surface area (Å²) in [6, 6.07) is 5.65. The molecule has 1 N–H and O–H groups in total.